The van der Waals surface area contributed by atoms with Crippen LogP contribution in [0.4, 0.5) is 0 Å². The Kier molecular flexibility index (Phi) is 4.62. The molecule has 1 aromatic heterocycles. The number of carbonyl (C=O) groups is 2. The molecule has 0 saturated heterocycles. The SMILES string of the molecule is CN(C)C=C1CCc2c(C(=O)O)nn(-c3ccc(S(N)(=O)=O)cc3)c2C1=O. The quantitative estimate of drug-likeness (QED) is 0.737. The van der Waals surface area contributed by atoms with Crippen LogP contribution in [0.25, 0.3) is 5.69 Å². The Balaban J connectivity index is 2.18. The summed E-state index contributed by atoms with van der Waals surface area (Å²) in [6, 6.07) is 5.41. The molecule has 2 aromatic rings. The fourth-order valence-corrected chi connectivity index (χ4v) is 3.53. The van der Waals surface area contributed by atoms with Gasteiger partial charge in [0.05, 0.1) is 10.6 Å². The number of carboxylic acids is 1. The standard InChI is InChI=1S/C17H18N4O5S/c1-20(2)9-10-3-8-13-14(17(23)24)19-21(15(13)16(10)22)11-4-6-12(7-5-11)27(18,25)26/h4-7,9H,3,8H2,1-2H3,(H,23,24)(H2,18,25,26). The topological polar surface area (TPSA) is 136 Å². The zero-order valence-electron chi connectivity index (χ0n) is 14.7. The van der Waals surface area contributed by atoms with E-state index in [-0.39, 0.29) is 22.1 Å². The van der Waals surface area contributed by atoms with Gasteiger partial charge in [0.2, 0.25) is 15.8 Å². The van der Waals surface area contributed by atoms with Gasteiger partial charge in [0.15, 0.2) is 5.69 Å². The maximum atomic E-state index is 12.9. The van der Waals surface area contributed by atoms with Crippen LogP contribution in [0.15, 0.2) is 40.9 Å². The van der Waals surface area contributed by atoms with Crippen LogP contribution in [0.5, 0.6) is 0 Å². The highest BCUT2D eigenvalue weighted by atomic mass is 32.2. The summed E-state index contributed by atoms with van der Waals surface area (Å²) in [5.41, 5.74) is 1.28. The Morgan fingerprint density at radius 2 is 1.89 bits per heavy atom. The molecule has 0 amide bonds. The molecule has 0 aliphatic heterocycles. The number of sulfonamides is 1. The number of primary sulfonamides is 1. The lowest BCUT2D eigenvalue weighted by atomic mass is 9.90. The Labute approximate surface area is 155 Å². The molecule has 0 saturated carbocycles. The van der Waals surface area contributed by atoms with Crippen molar-refractivity contribution < 1.29 is 23.1 Å². The van der Waals surface area contributed by atoms with E-state index in [0.29, 0.717) is 29.7 Å². The number of ketones is 1. The fourth-order valence-electron chi connectivity index (χ4n) is 3.02. The van der Waals surface area contributed by atoms with Crippen molar-refractivity contribution in [2.75, 3.05) is 14.1 Å². The molecule has 10 heteroatoms. The average molecular weight is 390 g/mol. The highest BCUT2D eigenvalue weighted by molar-refractivity contribution is 7.89. The van der Waals surface area contributed by atoms with Crippen LogP contribution in [-0.2, 0) is 16.4 Å². The number of hydrogen-bond donors (Lipinski definition) is 2. The first-order valence-corrected chi connectivity index (χ1v) is 9.54. The monoisotopic (exact) mass is 390 g/mol. The lowest BCUT2D eigenvalue weighted by Crippen LogP contribution is -2.20. The molecule has 0 unspecified atom stereocenters. The third kappa shape index (κ3) is 3.49. The Hall–Kier alpha value is -2.98. The number of nitrogens with two attached hydrogens (primary N) is 1. The van der Waals surface area contributed by atoms with Crippen LogP contribution < -0.4 is 5.14 Å². The minimum absolute atomic E-state index is 0.0924. The van der Waals surface area contributed by atoms with E-state index in [0.717, 1.165) is 0 Å². The van der Waals surface area contributed by atoms with Gasteiger partial charge in [-0.05, 0) is 37.1 Å². The van der Waals surface area contributed by atoms with Gasteiger partial charge in [-0.25, -0.2) is 23.0 Å². The zero-order chi connectivity index (χ0) is 19.9. The van der Waals surface area contributed by atoms with Gasteiger partial charge in [-0.2, -0.15) is 5.10 Å². The fraction of sp³-hybridized carbons (Fsp3) is 0.235. The lowest BCUT2D eigenvalue weighted by molar-refractivity contribution is 0.0688. The number of benzene rings is 1. The number of carboxylic acid groups (broad SMARTS) is 1. The molecule has 1 aliphatic carbocycles. The van der Waals surface area contributed by atoms with E-state index in [1.54, 1.807) is 25.2 Å². The van der Waals surface area contributed by atoms with Gasteiger partial charge in [-0.1, -0.05) is 0 Å². The number of nitrogens with zero attached hydrogens (tertiary/aromatic N) is 3. The molecule has 0 radical (unpaired) electrons. The summed E-state index contributed by atoms with van der Waals surface area (Å²) in [5, 5.41) is 18.6. The largest absolute Gasteiger partial charge is 0.476 e. The minimum Gasteiger partial charge on any atom is -0.476 e. The average Bonchev–Trinajstić information content (AvgIpc) is 2.97. The van der Waals surface area contributed by atoms with Crippen molar-refractivity contribution in [3.63, 3.8) is 0 Å². The van der Waals surface area contributed by atoms with E-state index in [1.165, 1.54) is 28.9 Å². The van der Waals surface area contributed by atoms with Crippen LogP contribution in [-0.4, -0.2) is 54.1 Å². The normalized spacial score (nSPS) is 15.7. The summed E-state index contributed by atoms with van der Waals surface area (Å²) in [7, 11) is -0.279. The molecule has 0 atom stereocenters. The Morgan fingerprint density at radius 1 is 1.26 bits per heavy atom. The Bertz CT molecular complexity index is 1070. The van der Waals surface area contributed by atoms with Gasteiger partial charge in [0.25, 0.3) is 0 Å². The minimum atomic E-state index is -3.87. The maximum absolute atomic E-state index is 12.9. The molecule has 3 rings (SSSR count). The molecule has 1 aliphatic rings. The molecule has 1 aromatic carbocycles. The van der Waals surface area contributed by atoms with Gasteiger partial charge in [-0.15, -0.1) is 0 Å². The lowest BCUT2D eigenvalue weighted by Gasteiger charge is -2.18. The van der Waals surface area contributed by atoms with Gasteiger partial charge in [0.1, 0.15) is 5.69 Å². The van der Waals surface area contributed by atoms with Crippen LogP contribution in [0, 0.1) is 0 Å². The number of Topliss-reactive ketones (excluding diaryl/α,β-unsaturated/α-hetero) is 1. The van der Waals surface area contributed by atoms with Crippen molar-refractivity contribution >= 4 is 21.8 Å². The van der Waals surface area contributed by atoms with Gasteiger partial charge in [-0.3, -0.25) is 4.79 Å². The first-order chi connectivity index (χ1) is 12.6. The molecule has 0 fully saturated rings. The Morgan fingerprint density at radius 3 is 2.41 bits per heavy atom. The summed E-state index contributed by atoms with van der Waals surface area (Å²) in [5.74, 6) is -1.53. The first kappa shape index (κ1) is 18.8. The third-order valence-corrected chi connectivity index (χ3v) is 5.09. The molecule has 0 bridgehead atoms. The summed E-state index contributed by atoms with van der Waals surface area (Å²) >= 11 is 0. The van der Waals surface area contributed by atoms with E-state index in [2.05, 4.69) is 5.10 Å². The van der Waals surface area contributed by atoms with Crippen molar-refractivity contribution in [1.29, 1.82) is 0 Å². The second kappa shape index (κ2) is 6.63. The highest BCUT2D eigenvalue weighted by Crippen LogP contribution is 2.30. The molecule has 27 heavy (non-hydrogen) atoms. The first-order valence-electron chi connectivity index (χ1n) is 8.00. The summed E-state index contributed by atoms with van der Waals surface area (Å²) in [6.07, 6.45) is 2.49. The number of hydrogen-bond acceptors (Lipinski definition) is 6. The molecule has 3 N–H and O–H groups in total. The van der Waals surface area contributed by atoms with Crippen LogP contribution in [0.3, 0.4) is 0 Å². The van der Waals surface area contributed by atoms with E-state index >= 15 is 0 Å². The number of rotatable bonds is 4. The summed E-state index contributed by atoms with van der Waals surface area (Å²) < 4.78 is 24.1. The highest BCUT2D eigenvalue weighted by Gasteiger charge is 2.33. The third-order valence-electron chi connectivity index (χ3n) is 4.16. The molecule has 0 spiro atoms. The van der Waals surface area contributed by atoms with E-state index in [1.807, 2.05) is 0 Å². The zero-order valence-corrected chi connectivity index (χ0v) is 15.5. The predicted molar refractivity (Wildman–Crippen MR) is 96.3 cm³/mol. The van der Waals surface area contributed by atoms with Crippen molar-refractivity contribution in [1.82, 2.24) is 14.7 Å². The van der Waals surface area contributed by atoms with E-state index < -0.39 is 16.0 Å². The van der Waals surface area contributed by atoms with Crippen LogP contribution in [0.2, 0.25) is 0 Å². The van der Waals surface area contributed by atoms with Gasteiger partial charge >= 0.3 is 5.97 Å². The number of allylic oxidation sites excluding steroid dienone is 1. The molecule has 142 valence electrons. The van der Waals surface area contributed by atoms with Crippen molar-refractivity contribution in [2.45, 2.75) is 17.7 Å². The maximum Gasteiger partial charge on any atom is 0.356 e. The van der Waals surface area contributed by atoms with Crippen LogP contribution >= 0.6 is 0 Å². The van der Waals surface area contributed by atoms with Crippen molar-refractivity contribution in [3.05, 3.63) is 53.0 Å². The predicted octanol–water partition coefficient (Wildman–Crippen LogP) is 0.792. The second-order valence-electron chi connectivity index (χ2n) is 6.38. The number of fused-ring (bicyclic) bond motifs is 1. The molecule has 9 nitrogen and oxygen atoms in total. The van der Waals surface area contributed by atoms with Crippen molar-refractivity contribution in [3.8, 4) is 5.69 Å². The van der Waals surface area contributed by atoms with Gasteiger partial charge < -0.3 is 10.0 Å². The molecular weight excluding hydrogens is 372 g/mol. The van der Waals surface area contributed by atoms with E-state index in [9.17, 15) is 23.1 Å². The number of aromatic nitrogens is 2. The number of carbonyl (C=O) groups excluding carboxylic acids is 1. The van der Waals surface area contributed by atoms with Crippen molar-refractivity contribution in [2.24, 2.45) is 5.14 Å². The second-order valence-corrected chi connectivity index (χ2v) is 7.94. The number of aromatic carboxylic acids is 1. The summed E-state index contributed by atoms with van der Waals surface area (Å²) in [6.45, 7) is 0. The van der Waals surface area contributed by atoms with Crippen LogP contribution in [0.1, 0.15) is 33.0 Å². The van der Waals surface area contributed by atoms with Gasteiger partial charge in [0, 0.05) is 31.4 Å². The summed E-state index contributed by atoms with van der Waals surface area (Å²) in [4.78, 5) is 26.2. The van der Waals surface area contributed by atoms with E-state index in [4.69, 9.17) is 5.14 Å². The molecular formula is C17H18N4O5S. The molecule has 1 heterocycles. The smallest absolute Gasteiger partial charge is 0.356 e.